The van der Waals surface area contributed by atoms with Crippen LogP contribution in [0.5, 0.6) is 0 Å². The van der Waals surface area contributed by atoms with E-state index in [1.54, 1.807) is 18.2 Å². The number of ether oxygens (including phenoxy) is 2. The van der Waals surface area contributed by atoms with Gasteiger partial charge in [-0.3, -0.25) is 9.59 Å². The predicted molar refractivity (Wildman–Crippen MR) is 72.7 cm³/mol. The molecule has 5 heteroatoms. The van der Waals surface area contributed by atoms with E-state index in [0.29, 0.717) is 0 Å². The number of carbonyl (C=O) groups is 2. The molecule has 5 nitrogen and oxygen atoms in total. The van der Waals surface area contributed by atoms with Gasteiger partial charge in [-0.25, -0.2) is 0 Å². The van der Waals surface area contributed by atoms with E-state index in [-0.39, 0.29) is 6.42 Å². The number of aliphatic hydroxyl groups excluding tert-OH is 1. The van der Waals surface area contributed by atoms with Crippen LogP contribution in [0, 0.1) is 5.92 Å². The summed E-state index contributed by atoms with van der Waals surface area (Å²) in [5, 5.41) is 9.94. The van der Waals surface area contributed by atoms with Gasteiger partial charge in [0.05, 0.1) is 20.3 Å². The van der Waals surface area contributed by atoms with Crippen LogP contribution in [-0.2, 0) is 19.1 Å². The summed E-state index contributed by atoms with van der Waals surface area (Å²) in [5.41, 5.74) is 0.768. The van der Waals surface area contributed by atoms with E-state index >= 15 is 0 Å². The summed E-state index contributed by atoms with van der Waals surface area (Å²) in [5.74, 6) is -2.49. The monoisotopic (exact) mass is 278 g/mol. The lowest BCUT2D eigenvalue weighted by Crippen LogP contribution is -2.24. The van der Waals surface area contributed by atoms with Gasteiger partial charge in [-0.15, -0.1) is 0 Å². The molecule has 0 saturated heterocycles. The number of carbonyl (C=O) groups excluding carboxylic acids is 2. The van der Waals surface area contributed by atoms with E-state index in [1.165, 1.54) is 20.3 Å². The molecule has 0 unspecified atom stereocenters. The quantitative estimate of drug-likeness (QED) is 0.486. The fourth-order valence-corrected chi connectivity index (χ4v) is 1.66. The maximum Gasteiger partial charge on any atom is 0.323 e. The Morgan fingerprint density at radius 1 is 1.15 bits per heavy atom. The number of rotatable bonds is 6. The van der Waals surface area contributed by atoms with Crippen molar-refractivity contribution >= 4 is 11.9 Å². The average Bonchev–Trinajstić information content (AvgIpc) is 2.50. The van der Waals surface area contributed by atoms with Gasteiger partial charge in [-0.2, -0.15) is 0 Å². The molecule has 0 spiro atoms. The molecule has 1 rings (SSSR count). The van der Waals surface area contributed by atoms with Gasteiger partial charge in [0, 0.05) is 0 Å². The predicted octanol–water partition coefficient (Wildman–Crippen LogP) is 1.63. The molecule has 20 heavy (non-hydrogen) atoms. The first-order valence-corrected chi connectivity index (χ1v) is 6.15. The number of methoxy groups -OCH3 is 2. The van der Waals surface area contributed by atoms with Gasteiger partial charge in [-0.1, -0.05) is 42.5 Å². The van der Waals surface area contributed by atoms with Crippen molar-refractivity contribution in [3.8, 4) is 0 Å². The van der Waals surface area contributed by atoms with Crippen LogP contribution < -0.4 is 0 Å². The highest BCUT2D eigenvalue weighted by atomic mass is 16.5. The minimum Gasteiger partial charge on any atom is -0.468 e. The first-order valence-electron chi connectivity index (χ1n) is 6.15. The fraction of sp³-hybridized carbons (Fsp3) is 0.333. The molecule has 0 aliphatic carbocycles. The van der Waals surface area contributed by atoms with E-state index in [1.807, 2.05) is 18.2 Å². The normalized spacial score (nSPS) is 12.4. The molecular weight excluding hydrogens is 260 g/mol. The number of hydrogen-bond donors (Lipinski definition) is 1. The summed E-state index contributed by atoms with van der Waals surface area (Å²) < 4.78 is 9.05. The Balaban J connectivity index is 2.65. The van der Waals surface area contributed by atoms with Crippen LogP contribution in [0.25, 0.3) is 0 Å². The van der Waals surface area contributed by atoms with Crippen LogP contribution >= 0.6 is 0 Å². The van der Waals surface area contributed by atoms with Crippen molar-refractivity contribution in [1.82, 2.24) is 0 Å². The van der Waals surface area contributed by atoms with Crippen molar-refractivity contribution in [2.24, 2.45) is 5.92 Å². The van der Waals surface area contributed by atoms with Gasteiger partial charge in [0.1, 0.15) is 0 Å². The number of aliphatic hydroxyl groups is 1. The SMILES string of the molecule is COC(=O)C(/C=C/C[C@@H](O)c1ccccc1)C(=O)OC. The summed E-state index contributed by atoms with van der Waals surface area (Å²) in [4.78, 5) is 22.8. The van der Waals surface area contributed by atoms with Crippen molar-refractivity contribution in [1.29, 1.82) is 0 Å². The number of hydrogen-bond acceptors (Lipinski definition) is 5. The van der Waals surface area contributed by atoms with Crippen molar-refractivity contribution in [2.45, 2.75) is 12.5 Å². The van der Waals surface area contributed by atoms with E-state index in [9.17, 15) is 14.7 Å². The van der Waals surface area contributed by atoms with Crippen LogP contribution in [0.2, 0.25) is 0 Å². The molecule has 108 valence electrons. The standard InChI is InChI=1S/C15H18O5/c1-19-14(17)12(15(18)20-2)9-6-10-13(16)11-7-4-3-5-8-11/h3-9,12-13,16H,10H2,1-2H3/b9-6+/t13-/m1/s1. The molecule has 0 radical (unpaired) electrons. The maximum absolute atomic E-state index is 11.4. The summed E-state index contributed by atoms with van der Waals surface area (Å²) in [6.07, 6.45) is 2.54. The molecule has 1 aromatic carbocycles. The molecule has 1 atom stereocenters. The zero-order valence-corrected chi connectivity index (χ0v) is 11.5. The third-order valence-corrected chi connectivity index (χ3v) is 2.78. The third kappa shape index (κ3) is 4.51. The summed E-state index contributed by atoms with van der Waals surface area (Å²) >= 11 is 0. The fourth-order valence-electron chi connectivity index (χ4n) is 1.66. The molecule has 0 aliphatic rings. The van der Waals surface area contributed by atoms with Crippen molar-refractivity contribution in [3.05, 3.63) is 48.0 Å². The maximum atomic E-state index is 11.4. The smallest absolute Gasteiger partial charge is 0.323 e. The Hall–Kier alpha value is -2.14. The second kappa shape index (κ2) is 8.12. The topological polar surface area (TPSA) is 72.8 Å². The molecule has 0 aromatic heterocycles. The third-order valence-electron chi connectivity index (χ3n) is 2.78. The number of esters is 2. The first-order chi connectivity index (χ1) is 9.60. The lowest BCUT2D eigenvalue weighted by Gasteiger charge is -2.10. The lowest BCUT2D eigenvalue weighted by atomic mass is 10.0. The van der Waals surface area contributed by atoms with Crippen molar-refractivity contribution in [3.63, 3.8) is 0 Å². The van der Waals surface area contributed by atoms with Crippen LogP contribution in [-0.4, -0.2) is 31.3 Å². The largest absolute Gasteiger partial charge is 0.468 e. The van der Waals surface area contributed by atoms with Gasteiger partial charge >= 0.3 is 11.9 Å². The van der Waals surface area contributed by atoms with Crippen molar-refractivity contribution in [2.75, 3.05) is 14.2 Å². The Kier molecular flexibility index (Phi) is 6.46. The van der Waals surface area contributed by atoms with Crippen LogP contribution in [0.1, 0.15) is 18.1 Å². The van der Waals surface area contributed by atoms with Gasteiger partial charge in [0.15, 0.2) is 5.92 Å². The van der Waals surface area contributed by atoms with E-state index in [0.717, 1.165) is 5.56 Å². The Morgan fingerprint density at radius 3 is 2.20 bits per heavy atom. The second-order valence-corrected chi connectivity index (χ2v) is 4.11. The Bertz CT molecular complexity index is 450. The average molecular weight is 278 g/mol. The van der Waals surface area contributed by atoms with Gasteiger partial charge in [-0.05, 0) is 12.0 Å². The first kappa shape index (κ1) is 15.9. The van der Waals surface area contributed by atoms with E-state index in [2.05, 4.69) is 9.47 Å². The van der Waals surface area contributed by atoms with Gasteiger partial charge < -0.3 is 14.6 Å². The molecule has 0 bridgehead atoms. The van der Waals surface area contributed by atoms with Crippen LogP contribution in [0.4, 0.5) is 0 Å². The van der Waals surface area contributed by atoms with Crippen LogP contribution in [0.15, 0.2) is 42.5 Å². The van der Waals surface area contributed by atoms with E-state index in [4.69, 9.17) is 0 Å². The van der Waals surface area contributed by atoms with Crippen molar-refractivity contribution < 1.29 is 24.2 Å². The van der Waals surface area contributed by atoms with E-state index < -0.39 is 24.0 Å². The highest BCUT2D eigenvalue weighted by Gasteiger charge is 2.25. The molecule has 1 aromatic rings. The zero-order valence-electron chi connectivity index (χ0n) is 11.5. The zero-order chi connectivity index (χ0) is 15.0. The summed E-state index contributed by atoms with van der Waals surface area (Å²) in [6, 6.07) is 9.12. The highest BCUT2D eigenvalue weighted by molar-refractivity contribution is 5.96. The Labute approximate surface area is 117 Å². The number of benzene rings is 1. The van der Waals surface area contributed by atoms with Gasteiger partial charge in [0.25, 0.3) is 0 Å². The molecule has 0 saturated carbocycles. The molecule has 1 N–H and O–H groups in total. The molecule has 0 heterocycles. The minimum absolute atomic E-state index is 0.286. The summed E-state index contributed by atoms with van der Waals surface area (Å²) in [6.45, 7) is 0. The van der Waals surface area contributed by atoms with Crippen LogP contribution in [0.3, 0.4) is 0 Å². The second-order valence-electron chi connectivity index (χ2n) is 4.11. The lowest BCUT2D eigenvalue weighted by molar-refractivity contribution is -0.156. The Morgan fingerprint density at radius 2 is 1.70 bits per heavy atom. The molecule has 0 fully saturated rings. The summed E-state index contributed by atoms with van der Waals surface area (Å²) in [7, 11) is 2.40. The molecule has 0 aliphatic heterocycles. The van der Waals surface area contributed by atoms with Gasteiger partial charge in [0.2, 0.25) is 0 Å². The minimum atomic E-state index is -1.10. The molecular formula is C15H18O5. The highest BCUT2D eigenvalue weighted by Crippen LogP contribution is 2.17. The molecule has 0 amide bonds.